The van der Waals surface area contributed by atoms with E-state index in [1.807, 2.05) is 43.3 Å². The summed E-state index contributed by atoms with van der Waals surface area (Å²) in [6.45, 7) is 2.20. The predicted octanol–water partition coefficient (Wildman–Crippen LogP) is 5.79. The maximum atomic E-state index is 13.2. The highest BCUT2D eigenvalue weighted by Crippen LogP contribution is 2.22. The van der Waals surface area contributed by atoms with Gasteiger partial charge in [-0.2, -0.15) is 0 Å². The predicted molar refractivity (Wildman–Crippen MR) is 132 cm³/mol. The third kappa shape index (κ3) is 5.15. The van der Waals surface area contributed by atoms with Crippen molar-refractivity contribution in [3.63, 3.8) is 0 Å². The number of para-hydroxylation sites is 1. The van der Waals surface area contributed by atoms with Crippen LogP contribution in [0.15, 0.2) is 76.7 Å². The van der Waals surface area contributed by atoms with Crippen LogP contribution in [0.4, 0.5) is 5.69 Å². The van der Waals surface area contributed by atoms with Crippen LogP contribution in [0.1, 0.15) is 11.1 Å². The molecule has 0 aliphatic carbocycles. The number of carbonyl (C=O) groups is 1. The number of rotatable bonds is 6. The van der Waals surface area contributed by atoms with Gasteiger partial charge in [-0.15, -0.1) is 0 Å². The summed E-state index contributed by atoms with van der Waals surface area (Å²) in [6.07, 6.45) is 0. The summed E-state index contributed by atoms with van der Waals surface area (Å²) >= 11 is 13.5. The van der Waals surface area contributed by atoms with Crippen LogP contribution in [0.2, 0.25) is 10.0 Å². The van der Waals surface area contributed by atoms with Gasteiger partial charge in [-0.05, 0) is 54.4 Å². The van der Waals surface area contributed by atoms with Crippen molar-refractivity contribution < 1.29 is 4.79 Å². The van der Waals surface area contributed by atoms with Crippen molar-refractivity contribution in [1.82, 2.24) is 9.55 Å². The molecule has 0 atom stereocenters. The van der Waals surface area contributed by atoms with E-state index < -0.39 is 0 Å². The Morgan fingerprint density at radius 2 is 1.88 bits per heavy atom. The summed E-state index contributed by atoms with van der Waals surface area (Å²) in [5, 5.41) is 5.00. The molecule has 0 saturated heterocycles. The van der Waals surface area contributed by atoms with Crippen LogP contribution < -0.4 is 10.9 Å². The third-order valence-electron chi connectivity index (χ3n) is 4.84. The molecule has 0 spiro atoms. The molecule has 4 aromatic rings. The van der Waals surface area contributed by atoms with E-state index in [1.165, 1.54) is 11.8 Å². The third-order valence-corrected chi connectivity index (χ3v) is 6.46. The molecular formula is C24H19Cl2N3O2S. The second kappa shape index (κ2) is 9.77. The Bertz CT molecular complexity index is 1370. The zero-order valence-corrected chi connectivity index (χ0v) is 19.5. The molecule has 1 heterocycles. The zero-order chi connectivity index (χ0) is 22.7. The van der Waals surface area contributed by atoms with Crippen molar-refractivity contribution >= 4 is 57.5 Å². The minimum Gasteiger partial charge on any atom is -0.325 e. The molecule has 0 radical (unpaired) electrons. The van der Waals surface area contributed by atoms with Gasteiger partial charge in [0.05, 0.1) is 23.2 Å². The largest absolute Gasteiger partial charge is 0.325 e. The van der Waals surface area contributed by atoms with Gasteiger partial charge in [-0.3, -0.25) is 14.2 Å². The van der Waals surface area contributed by atoms with Gasteiger partial charge < -0.3 is 5.32 Å². The van der Waals surface area contributed by atoms with Crippen molar-refractivity contribution in [2.24, 2.45) is 0 Å². The van der Waals surface area contributed by atoms with Crippen molar-refractivity contribution in [1.29, 1.82) is 0 Å². The van der Waals surface area contributed by atoms with E-state index in [0.29, 0.717) is 38.3 Å². The number of fused-ring (bicyclic) bond motifs is 1. The van der Waals surface area contributed by atoms with Gasteiger partial charge >= 0.3 is 0 Å². The summed E-state index contributed by atoms with van der Waals surface area (Å²) in [5.74, 6) is -0.127. The number of benzene rings is 3. The number of amides is 1. The Balaban J connectivity index is 1.61. The summed E-state index contributed by atoms with van der Waals surface area (Å²) < 4.78 is 1.58. The molecular weight excluding hydrogens is 465 g/mol. The normalized spacial score (nSPS) is 11.0. The first-order valence-electron chi connectivity index (χ1n) is 9.83. The van der Waals surface area contributed by atoms with E-state index in [1.54, 1.807) is 34.9 Å². The topological polar surface area (TPSA) is 64.0 Å². The molecule has 0 aliphatic rings. The molecule has 32 heavy (non-hydrogen) atoms. The Kier molecular flexibility index (Phi) is 6.84. The molecule has 0 fully saturated rings. The number of aromatic nitrogens is 2. The van der Waals surface area contributed by atoms with E-state index in [4.69, 9.17) is 23.2 Å². The second-order valence-electron chi connectivity index (χ2n) is 7.23. The van der Waals surface area contributed by atoms with Gasteiger partial charge in [-0.25, -0.2) is 4.98 Å². The molecule has 8 heteroatoms. The molecule has 1 aromatic heterocycles. The van der Waals surface area contributed by atoms with Gasteiger partial charge in [0.25, 0.3) is 5.56 Å². The number of halogens is 2. The summed E-state index contributed by atoms with van der Waals surface area (Å²) in [7, 11) is 0. The molecule has 3 aromatic carbocycles. The van der Waals surface area contributed by atoms with Crippen molar-refractivity contribution in [2.45, 2.75) is 18.6 Å². The van der Waals surface area contributed by atoms with Crippen LogP contribution in [-0.2, 0) is 11.3 Å². The lowest BCUT2D eigenvalue weighted by Gasteiger charge is -2.13. The number of hydrogen-bond acceptors (Lipinski definition) is 4. The van der Waals surface area contributed by atoms with Gasteiger partial charge in [0.15, 0.2) is 5.16 Å². The van der Waals surface area contributed by atoms with Crippen LogP contribution >= 0.6 is 35.0 Å². The van der Waals surface area contributed by atoms with Gasteiger partial charge in [0.1, 0.15) is 0 Å². The lowest BCUT2D eigenvalue weighted by atomic mass is 10.2. The van der Waals surface area contributed by atoms with Crippen LogP contribution in [-0.4, -0.2) is 21.2 Å². The smallest absolute Gasteiger partial charge is 0.262 e. The Labute approximate surface area is 199 Å². The minimum atomic E-state index is -0.216. The van der Waals surface area contributed by atoms with Gasteiger partial charge in [-0.1, -0.05) is 65.3 Å². The summed E-state index contributed by atoms with van der Waals surface area (Å²) in [5.41, 5.74) is 2.85. The monoisotopic (exact) mass is 483 g/mol. The molecule has 0 saturated carbocycles. The lowest BCUT2D eigenvalue weighted by Crippen LogP contribution is -2.25. The lowest BCUT2D eigenvalue weighted by molar-refractivity contribution is -0.113. The molecule has 0 aliphatic heterocycles. The first-order valence-corrected chi connectivity index (χ1v) is 11.6. The molecule has 1 amide bonds. The number of carbonyl (C=O) groups excluding carboxylic acids is 1. The van der Waals surface area contributed by atoms with Crippen LogP contribution in [0, 0.1) is 6.92 Å². The number of hydrogen-bond donors (Lipinski definition) is 1. The average molecular weight is 484 g/mol. The highest BCUT2D eigenvalue weighted by molar-refractivity contribution is 7.99. The van der Waals surface area contributed by atoms with Crippen LogP contribution in [0.5, 0.6) is 0 Å². The number of nitrogens with zero attached hydrogens (tertiary/aromatic N) is 2. The van der Waals surface area contributed by atoms with E-state index in [-0.39, 0.29) is 17.2 Å². The van der Waals surface area contributed by atoms with Crippen molar-refractivity contribution in [3.05, 3.63) is 98.3 Å². The van der Waals surface area contributed by atoms with Crippen molar-refractivity contribution in [3.8, 4) is 0 Å². The molecule has 1 N–H and O–H groups in total. The minimum absolute atomic E-state index is 0.0891. The summed E-state index contributed by atoms with van der Waals surface area (Å²) in [4.78, 5) is 30.4. The SMILES string of the molecule is Cc1ccc(NC(=O)CSc2nc3ccccc3c(=O)n2Cc2cccc(Cl)c2)cc1Cl. The van der Waals surface area contributed by atoms with E-state index in [0.717, 1.165) is 11.1 Å². The first kappa shape index (κ1) is 22.4. The van der Waals surface area contributed by atoms with Crippen LogP contribution in [0.3, 0.4) is 0 Å². The Morgan fingerprint density at radius 1 is 1.06 bits per heavy atom. The van der Waals surface area contributed by atoms with E-state index in [2.05, 4.69) is 10.3 Å². The Morgan fingerprint density at radius 3 is 2.66 bits per heavy atom. The average Bonchev–Trinajstić information content (AvgIpc) is 2.77. The molecule has 4 rings (SSSR count). The fraction of sp³-hybridized carbons (Fsp3) is 0.125. The number of anilines is 1. The maximum absolute atomic E-state index is 13.2. The van der Waals surface area contributed by atoms with E-state index >= 15 is 0 Å². The molecule has 0 unspecified atom stereocenters. The fourth-order valence-electron chi connectivity index (χ4n) is 3.21. The number of aryl methyl sites for hydroxylation is 1. The molecule has 5 nitrogen and oxygen atoms in total. The Hall–Kier alpha value is -2.80. The second-order valence-corrected chi connectivity index (χ2v) is 9.02. The highest BCUT2D eigenvalue weighted by Gasteiger charge is 2.14. The fourth-order valence-corrected chi connectivity index (χ4v) is 4.40. The van der Waals surface area contributed by atoms with Crippen molar-refractivity contribution in [2.75, 3.05) is 11.1 Å². The highest BCUT2D eigenvalue weighted by atomic mass is 35.5. The molecule has 0 bridgehead atoms. The van der Waals surface area contributed by atoms with Crippen LogP contribution in [0.25, 0.3) is 10.9 Å². The van der Waals surface area contributed by atoms with Gasteiger partial charge in [0.2, 0.25) is 5.91 Å². The summed E-state index contributed by atoms with van der Waals surface area (Å²) in [6, 6.07) is 19.9. The number of thioether (sulfide) groups is 1. The maximum Gasteiger partial charge on any atom is 0.262 e. The molecule has 162 valence electrons. The quantitative estimate of drug-likeness (QED) is 0.278. The van der Waals surface area contributed by atoms with Gasteiger partial charge in [0, 0.05) is 15.7 Å². The zero-order valence-electron chi connectivity index (χ0n) is 17.1. The number of nitrogens with one attached hydrogen (secondary N) is 1. The standard InChI is InChI=1S/C24H19Cl2N3O2S/c1-15-9-10-18(12-20(15)26)27-22(30)14-32-24-28-21-8-3-2-7-19(21)23(31)29(24)13-16-5-4-6-17(25)11-16/h2-12H,13-14H2,1H3,(H,27,30). The van der Waals surface area contributed by atoms with E-state index in [9.17, 15) is 9.59 Å². The first-order chi connectivity index (χ1) is 15.4.